The zero-order chi connectivity index (χ0) is 25.4. The highest BCUT2D eigenvalue weighted by Crippen LogP contribution is 2.33. The average Bonchev–Trinajstić information content (AvgIpc) is 3.27. The Labute approximate surface area is 204 Å². The fraction of sp³-hybridized carbons (Fsp3) is 0.333. The molecule has 0 bridgehead atoms. The topological polar surface area (TPSA) is 129 Å². The minimum atomic E-state index is -3.31. The molecule has 3 aromatic rings. The molecule has 1 aromatic heterocycles. The van der Waals surface area contributed by atoms with Crippen molar-refractivity contribution in [3.8, 4) is 34.4 Å². The second-order valence-corrected chi connectivity index (χ2v) is 9.80. The number of likely N-dealkylation sites (N-methyl/N-ethyl adjacent to an activating group) is 1. The highest BCUT2D eigenvalue weighted by Gasteiger charge is 2.13. The Bertz CT molecular complexity index is 1240. The van der Waals surface area contributed by atoms with Gasteiger partial charge in [0, 0.05) is 37.6 Å². The lowest BCUT2D eigenvalue weighted by Gasteiger charge is -2.16. The second-order valence-electron chi connectivity index (χ2n) is 7.78. The number of rotatable bonds is 12. The Morgan fingerprint density at radius 1 is 1.09 bits per heavy atom. The van der Waals surface area contributed by atoms with E-state index in [-0.39, 0.29) is 29.4 Å². The van der Waals surface area contributed by atoms with Gasteiger partial charge in [-0.1, -0.05) is 0 Å². The summed E-state index contributed by atoms with van der Waals surface area (Å²) in [6, 6.07) is 13.1. The predicted octanol–water partition coefficient (Wildman–Crippen LogP) is 3.20. The zero-order valence-electron chi connectivity index (χ0n) is 20.0. The number of nitrogens with zero attached hydrogens (tertiary/aromatic N) is 1. The molecule has 0 unspecified atom stereocenters. The van der Waals surface area contributed by atoms with Crippen LogP contribution in [0.4, 0.5) is 0 Å². The number of hydrogen-bond donors (Lipinski definition) is 2. The van der Waals surface area contributed by atoms with Crippen LogP contribution in [0.25, 0.3) is 11.3 Å². The van der Waals surface area contributed by atoms with Gasteiger partial charge in [0.15, 0.2) is 16.4 Å². The molecule has 2 aromatic carbocycles. The van der Waals surface area contributed by atoms with E-state index in [0.29, 0.717) is 41.7 Å². The van der Waals surface area contributed by atoms with E-state index in [1.54, 1.807) is 37.4 Å². The summed E-state index contributed by atoms with van der Waals surface area (Å²) in [5.74, 6) is 1.49. The Morgan fingerprint density at radius 3 is 2.46 bits per heavy atom. The first kappa shape index (κ1) is 26.0. The molecule has 2 N–H and O–H groups in total. The third-order valence-electron chi connectivity index (χ3n) is 4.70. The number of ether oxygens (including phenoxy) is 4. The van der Waals surface area contributed by atoms with Crippen LogP contribution in [0.5, 0.6) is 23.1 Å². The SMILES string of the molecule is CCNC(=O)COc1cc(-c2cc(Oc3ccc(S(C)(=O)=O)cc3)cc(O[C@@H](C)COC)c2)[nH]n1. The molecule has 35 heavy (non-hydrogen) atoms. The summed E-state index contributed by atoms with van der Waals surface area (Å²) in [4.78, 5) is 11.8. The summed E-state index contributed by atoms with van der Waals surface area (Å²) in [6.07, 6.45) is 0.935. The highest BCUT2D eigenvalue weighted by molar-refractivity contribution is 7.90. The lowest BCUT2D eigenvalue weighted by molar-refractivity contribution is -0.123. The minimum absolute atomic E-state index is 0.145. The van der Waals surface area contributed by atoms with Crippen molar-refractivity contribution in [3.63, 3.8) is 0 Å². The predicted molar refractivity (Wildman–Crippen MR) is 130 cm³/mol. The van der Waals surface area contributed by atoms with Gasteiger partial charge in [0.2, 0.25) is 5.88 Å². The Balaban J connectivity index is 1.85. The largest absolute Gasteiger partial charge is 0.488 e. The Kier molecular flexibility index (Phi) is 8.72. The fourth-order valence-electron chi connectivity index (χ4n) is 3.16. The quantitative estimate of drug-likeness (QED) is 0.386. The molecule has 0 radical (unpaired) electrons. The number of aromatic amines is 1. The molecule has 3 rings (SSSR count). The number of amides is 1. The Morgan fingerprint density at radius 2 is 1.80 bits per heavy atom. The summed E-state index contributed by atoms with van der Waals surface area (Å²) in [5.41, 5.74) is 1.33. The van der Waals surface area contributed by atoms with Crippen molar-refractivity contribution < 1.29 is 32.2 Å². The van der Waals surface area contributed by atoms with E-state index in [1.165, 1.54) is 12.1 Å². The number of carbonyl (C=O) groups excluding carboxylic acids is 1. The van der Waals surface area contributed by atoms with Crippen molar-refractivity contribution in [3.05, 3.63) is 48.5 Å². The van der Waals surface area contributed by atoms with Gasteiger partial charge in [0.1, 0.15) is 23.4 Å². The molecule has 11 heteroatoms. The highest BCUT2D eigenvalue weighted by atomic mass is 32.2. The molecule has 0 aliphatic rings. The lowest BCUT2D eigenvalue weighted by atomic mass is 10.1. The molecule has 1 atom stereocenters. The molecule has 1 heterocycles. The number of nitrogens with one attached hydrogen (secondary N) is 2. The van der Waals surface area contributed by atoms with E-state index in [0.717, 1.165) is 6.26 Å². The van der Waals surface area contributed by atoms with E-state index in [1.807, 2.05) is 19.9 Å². The van der Waals surface area contributed by atoms with Crippen LogP contribution >= 0.6 is 0 Å². The number of carbonyl (C=O) groups is 1. The van der Waals surface area contributed by atoms with Crippen LogP contribution in [-0.4, -0.2) is 63.8 Å². The van der Waals surface area contributed by atoms with E-state index >= 15 is 0 Å². The van der Waals surface area contributed by atoms with Crippen molar-refractivity contribution in [1.82, 2.24) is 15.5 Å². The van der Waals surface area contributed by atoms with Crippen molar-refractivity contribution in [2.24, 2.45) is 0 Å². The molecule has 0 saturated carbocycles. The second kappa shape index (κ2) is 11.7. The monoisotopic (exact) mass is 503 g/mol. The average molecular weight is 504 g/mol. The van der Waals surface area contributed by atoms with Crippen LogP contribution in [-0.2, 0) is 19.4 Å². The summed E-state index contributed by atoms with van der Waals surface area (Å²) in [7, 11) is -1.71. The van der Waals surface area contributed by atoms with Gasteiger partial charge in [-0.05, 0) is 50.2 Å². The van der Waals surface area contributed by atoms with Crippen LogP contribution in [0.1, 0.15) is 13.8 Å². The smallest absolute Gasteiger partial charge is 0.257 e. The van der Waals surface area contributed by atoms with Crippen LogP contribution in [0.15, 0.2) is 53.4 Å². The maximum atomic E-state index is 11.7. The molecule has 0 aliphatic carbocycles. The molecule has 0 fully saturated rings. The fourth-order valence-corrected chi connectivity index (χ4v) is 3.79. The first-order valence-corrected chi connectivity index (χ1v) is 12.8. The molecular formula is C24H29N3O7S. The minimum Gasteiger partial charge on any atom is -0.488 e. The molecule has 0 spiro atoms. The number of H-pyrrole nitrogens is 1. The van der Waals surface area contributed by atoms with Crippen LogP contribution in [0, 0.1) is 0 Å². The van der Waals surface area contributed by atoms with Gasteiger partial charge in [-0.15, -0.1) is 5.10 Å². The van der Waals surface area contributed by atoms with E-state index in [2.05, 4.69) is 15.5 Å². The van der Waals surface area contributed by atoms with Gasteiger partial charge >= 0.3 is 0 Å². The maximum absolute atomic E-state index is 11.7. The number of benzene rings is 2. The van der Waals surface area contributed by atoms with Gasteiger partial charge in [-0.25, -0.2) is 8.42 Å². The van der Waals surface area contributed by atoms with Crippen LogP contribution in [0.3, 0.4) is 0 Å². The van der Waals surface area contributed by atoms with E-state index in [4.69, 9.17) is 18.9 Å². The maximum Gasteiger partial charge on any atom is 0.257 e. The van der Waals surface area contributed by atoms with Gasteiger partial charge in [0.05, 0.1) is 17.2 Å². The lowest BCUT2D eigenvalue weighted by Crippen LogP contribution is -2.28. The zero-order valence-corrected chi connectivity index (χ0v) is 20.8. The van der Waals surface area contributed by atoms with Crippen molar-refractivity contribution in [2.75, 3.05) is 33.1 Å². The van der Waals surface area contributed by atoms with Gasteiger partial charge in [-0.3, -0.25) is 9.89 Å². The molecule has 0 aliphatic heterocycles. The van der Waals surface area contributed by atoms with Gasteiger partial charge in [-0.2, -0.15) is 0 Å². The number of methoxy groups -OCH3 is 1. The van der Waals surface area contributed by atoms with E-state index < -0.39 is 9.84 Å². The summed E-state index contributed by atoms with van der Waals surface area (Å²) < 4.78 is 46.0. The Hall–Kier alpha value is -3.57. The van der Waals surface area contributed by atoms with Crippen molar-refractivity contribution in [1.29, 1.82) is 0 Å². The molecule has 1 amide bonds. The summed E-state index contributed by atoms with van der Waals surface area (Å²) in [6.45, 7) is 4.47. The van der Waals surface area contributed by atoms with Gasteiger partial charge in [0.25, 0.3) is 5.91 Å². The van der Waals surface area contributed by atoms with Crippen molar-refractivity contribution >= 4 is 15.7 Å². The molecule has 188 valence electrons. The number of hydrogen-bond acceptors (Lipinski definition) is 8. The first-order chi connectivity index (χ1) is 16.7. The standard InChI is InChI=1S/C24H29N3O7S/c1-5-25-23(28)15-32-24-13-22(26-27-24)17-10-19(33-16(2)14-31-3)12-20(11-17)34-18-6-8-21(9-7-18)35(4,29)30/h6-13,16H,5,14-15H2,1-4H3,(H,25,28)(H,26,27)/t16-/m0/s1. The van der Waals surface area contributed by atoms with Gasteiger partial charge < -0.3 is 24.3 Å². The summed E-state index contributed by atoms with van der Waals surface area (Å²) in [5, 5.41) is 9.65. The molecule has 0 saturated heterocycles. The third kappa shape index (κ3) is 7.72. The molecule has 10 nitrogen and oxygen atoms in total. The third-order valence-corrected chi connectivity index (χ3v) is 5.83. The van der Waals surface area contributed by atoms with Crippen LogP contribution < -0.4 is 19.5 Å². The summed E-state index contributed by atoms with van der Waals surface area (Å²) >= 11 is 0. The van der Waals surface area contributed by atoms with Crippen molar-refractivity contribution in [2.45, 2.75) is 24.8 Å². The number of aromatic nitrogens is 2. The van der Waals surface area contributed by atoms with Crippen LogP contribution in [0.2, 0.25) is 0 Å². The molecular weight excluding hydrogens is 474 g/mol. The van der Waals surface area contributed by atoms with E-state index in [9.17, 15) is 13.2 Å². The normalized spacial score (nSPS) is 12.1. The number of sulfone groups is 1. The first-order valence-electron chi connectivity index (χ1n) is 10.9.